The first kappa shape index (κ1) is 19.9. The summed E-state index contributed by atoms with van der Waals surface area (Å²) in [7, 11) is 0. The molecule has 0 aliphatic carbocycles. The lowest BCUT2D eigenvalue weighted by Gasteiger charge is -2.12. The van der Waals surface area contributed by atoms with E-state index in [1.165, 1.54) is 30.4 Å². The van der Waals surface area contributed by atoms with E-state index < -0.39 is 17.9 Å². The van der Waals surface area contributed by atoms with Crippen molar-refractivity contribution in [3.05, 3.63) is 61.7 Å². The van der Waals surface area contributed by atoms with Crippen LogP contribution in [0.25, 0.3) is 0 Å². The molecule has 0 saturated heterocycles. The number of carbonyl (C=O) groups is 3. The first-order valence-electron chi connectivity index (χ1n) is 7.52. The SMILES string of the molecule is C=CCC(=O)OCc1ccc(OC(=O)CC=C)c(OC(=O)CC=C)c1. The second-order valence-corrected chi connectivity index (χ2v) is 4.87. The van der Waals surface area contributed by atoms with Crippen LogP contribution in [-0.2, 0) is 25.7 Å². The number of hydrogen-bond donors (Lipinski definition) is 0. The molecule has 6 nitrogen and oxygen atoms in total. The van der Waals surface area contributed by atoms with Gasteiger partial charge < -0.3 is 14.2 Å². The normalized spacial score (nSPS) is 9.60. The Balaban J connectivity index is 2.95. The largest absolute Gasteiger partial charge is 0.461 e. The zero-order chi connectivity index (χ0) is 18.7. The van der Waals surface area contributed by atoms with Gasteiger partial charge in [0.25, 0.3) is 0 Å². The van der Waals surface area contributed by atoms with E-state index in [1.54, 1.807) is 6.07 Å². The number of rotatable bonds is 10. The Bertz CT molecular complexity index is 674. The van der Waals surface area contributed by atoms with E-state index in [4.69, 9.17) is 14.2 Å². The van der Waals surface area contributed by atoms with Crippen LogP contribution in [0.5, 0.6) is 11.5 Å². The van der Waals surface area contributed by atoms with Gasteiger partial charge in [-0.3, -0.25) is 14.4 Å². The van der Waals surface area contributed by atoms with E-state index in [9.17, 15) is 14.4 Å². The van der Waals surface area contributed by atoms with E-state index in [1.807, 2.05) is 0 Å². The summed E-state index contributed by atoms with van der Waals surface area (Å²) in [5.74, 6) is -1.38. The molecule has 0 heterocycles. The predicted octanol–water partition coefficient (Wildman–Crippen LogP) is 3.27. The minimum Gasteiger partial charge on any atom is -0.461 e. The number of carbonyl (C=O) groups excluding carboxylic acids is 3. The third kappa shape index (κ3) is 7.30. The summed E-state index contributed by atoms with van der Waals surface area (Å²) in [6.45, 7) is 10.4. The Morgan fingerprint density at radius 3 is 1.88 bits per heavy atom. The van der Waals surface area contributed by atoms with Crippen LogP contribution in [0.4, 0.5) is 0 Å². The van der Waals surface area contributed by atoms with Gasteiger partial charge in [-0.25, -0.2) is 0 Å². The van der Waals surface area contributed by atoms with Crippen molar-refractivity contribution in [1.82, 2.24) is 0 Å². The summed E-state index contributed by atoms with van der Waals surface area (Å²) in [5, 5.41) is 0. The molecule has 25 heavy (non-hydrogen) atoms. The summed E-state index contributed by atoms with van der Waals surface area (Å²) in [5.41, 5.74) is 0.572. The molecule has 0 aromatic heterocycles. The summed E-state index contributed by atoms with van der Waals surface area (Å²) in [6, 6.07) is 4.54. The van der Waals surface area contributed by atoms with Crippen LogP contribution in [-0.4, -0.2) is 17.9 Å². The summed E-state index contributed by atoms with van der Waals surface area (Å²) < 4.78 is 15.4. The van der Waals surface area contributed by atoms with Crippen LogP contribution >= 0.6 is 0 Å². The molecule has 0 bridgehead atoms. The predicted molar refractivity (Wildman–Crippen MR) is 92.0 cm³/mol. The Kier molecular flexibility index (Phi) is 8.43. The van der Waals surface area contributed by atoms with E-state index in [-0.39, 0.29) is 37.4 Å². The molecule has 0 unspecified atom stereocenters. The monoisotopic (exact) mass is 344 g/mol. The first-order chi connectivity index (χ1) is 12.0. The minimum absolute atomic E-state index is 0.00140. The number of esters is 3. The maximum absolute atomic E-state index is 11.7. The van der Waals surface area contributed by atoms with E-state index >= 15 is 0 Å². The summed E-state index contributed by atoms with van der Waals surface area (Å²) in [4.78, 5) is 34.7. The Morgan fingerprint density at radius 1 is 0.800 bits per heavy atom. The van der Waals surface area contributed by atoms with Gasteiger partial charge in [0, 0.05) is 0 Å². The van der Waals surface area contributed by atoms with Gasteiger partial charge in [0.15, 0.2) is 11.5 Å². The molecule has 0 aliphatic heterocycles. The van der Waals surface area contributed by atoms with Crippen molar-refractivity contribution in [2.45, 2.75) is 25.9 Å². The van der Waals surface area contributed by atoms with Gasteiger partial charge in [0.2, 0.25) is 0 Å². The van der Waals surface area contributed by atoms with Gasteiger partial charge >= 0.3 is 17.9 Å². The quantitative estimate of drug-likeness (QED) is 0.368. The van der Waals surface area contributed by atoms with Gasteiger partial charge in [-0.15, -0.1) is 19.7 Å². The molecule has 0 radical (unpaired) electrons. The Morgan fingerprint density at radius 2 is 1.32 bits per heavy atom. The van der Waals surface area contributed by atoms with Gasteiger partial charge in [-0.05, 0) is 17.7 Å². The lowest BCUT2D eigenvalue weighted by Crippen LogP contribution is -2.11. The van der Waals surface area contributed by atoms with E-state index in [0.29, 0.717) is 5.56 Å². The highest BCUT2D eigenvalue weighted by molar-refractivity contribution is 5.77. The molecule has 1 aromatic carbocycles. The fourth-order valence-corrected chi connectivity index (χ4v) is 1.71. The maximum atomic E-state index is 11.7. The Hall–Kier alpha value is -3.15. The van der Waals surface area contributed by atoms with Crippen molar-refractivity contribution < 1.29 is 28.6 Å². The van der Waals surface area contributed by atoms with Crippen LogP contribution in [0, 0.1) is 0 Å². The van der Waals surface area contributed by atoms with Crippen molar-refractivity contribution >= 4 is 17.9 Å². The second kappa shape index (κ2) is 10.6. The van der Waals surface area contributed by atoms with Crippen molar-refractivity contribution in [1.29, 1.82) is 0 Å². The molecule has 0 atom stereocenters. The molecule has 132 valence electrons. The fraction of sp³-hybridized carbons (Fsp3) is 0.211. The topological polar surface area (TPSA) is 78.9 Å². The maximum Gasteiger partial charge on any atom is 0.315 e. The molecule has 1 aromatic rings. The van der Waals surface area contributed by atoms with Crippen LogP contribution in [0.15, 0.2) is 56.2 Å². The molecule has 0 spiro atoms. The molecule has 0 aliphatic rings. The van der Waals surface area contributed by atoms with Gasteiger partial charge in [0.05, 0.1) is 19.3 Å². The molecular formula is C19H20O6. The lowest BCUT2D eigenvalue weighted by molar-refractivity contribution is -0.144. The second-order valence-electron chi connectivity index (χ2n) is 4.87. The fourth-order valence-electron chi connectivity index (χ4n) is 1.71. The molecule has 0 saturated carbocycles. The standard InChI is InChI=1S/C19H20O6/c1-4-7-17(20)23-13-14-10-11-15(24-18(21)8-5-2)16(12-14)25-19(22)9-6-3/h4-6,10-12H,1-3,7-9,13H2. The van der Waals surface area contributed by atoms with Gasteiger partial charge in [0.1, 0.15) is 6.61 Å². The summed E-state index contributed by atoms with van der Waals surface area (Å²) in [6.07, 6.45) is 4.34. The minimum atomic E-state index is -0.558. The number of benzene rings is 1. The van der Waals surface area contributed by atoms with E-state index in [2.05, 4.69) is 19.7 Å². The highest BCUT2D eigenvalue weighted by Gasteiger charge is 2.14. The smallest absolute Gasteiger partial charge is 0.315 e. The molecule has 6 heteroatoms. The lowest BCUT2D eigenvalue weighted by atomic mass is 10.2. The Labute approximate surface area is 146 Å². The number of hydrogen-bond acceptors (Lipinski definition) is 6. The van der Waals surface area contributed by atoms with Gasteiger partial charge in [-0.2, -0.15) is 0 Å². The third-order valence-corrected chi connectivity index (χ3v) is 2.79. The average Bonchev–Trinajstić information content (AvgIpc) is 2.55. The zero-order valence-electron chi connectivity index (χ0n) is 13.9. The highest BCUT2D eigenvalue weighted by Crippen LogP contribution is 2.29. The average molecular weight is 344 g/mol. The van der Waals surface area contributed by atoms with Crippen LogP contribution < -0.4 is 9.47 Å². The molecule has 1 rings (SSSR count). The van der Waals surface area contributed by atoms with Crippen molar-refractivity contribution in [2.24, 2.45) is 0 Å². The van der Waals surface area contributed by atoms with Crippen molar-refractivity contribution in [2.75, 3.05) is 0 Å². The molecular weight excluding hydrogens is 324 g/mol. The van der Waals surface area contributed by atoms with Crippen molar-refractivity contribution in [3.63, 3.8) is 0 Å². The highest BCUT2D eigenvalue weighted by atomic mass is 16.6. The molecule has 0 fully saturated rings. The zero-order valence-corrected chi connectivity index (χ0v) is 13.9. The van der Waals surface area contributed by atoms with Crippen LogP contribution in [0.1, 0.15) is 24.8 Å². The third-order valence-electron chi connectivity index (χ3n) is 2.79. The number of ether oxygens (including phenoxy) is 3. The van der Waals surface area contributed by atoms with Crippen LogP contribution in [0.3, 0.4) is 0 Å². The van der Waals surface area contributed by atoms with Crippen molar-refractivity contribution in [3.8, 4) is 11.5 Å². The molecule has 0 N–H and O–H groups in total. The summed E-state index contributed by atoms with van der Waals surface area (Å²) >= 11 is 0. The molecule has 0 amide bonds. The first-order valence-corrected chi connectivity index (χ1v) is 7.52. The van der Waals surface area contributed by atoms with Crippen LogP contribution in [0.2, 0.25) is 0 Å². The van der Waals surface area contributed by atoms with E-state index in [0.717, 1.165) is 0 Å². The van der Waals surface area contributed by atoms with Gasteiger partial charge in [-0.1, -0.05) is 24.3 Å².